The molecule has 0 heterocycles. The highest BCUT2D eigenvalue weighted by molar-refractivity contribution is 6.35. The molecule has 0 bridgehead atoms. The van der Waals surface area contributed by atoms with E-state index in [1.165, 1.54) is 6.07 Å². The van der Waals surface area contributed by atoms with Gasteiger partial charge in [-0.1, -0.05) is 41.4 Å². The normalized spacial score (nSPS) is 10.2. The van der Waals surface area contributed by atoms with E-state index in [1.807, 2.05) is 24.3 Å². The van der Waals surface area contributed by atoms with Crippen molar-refractivity contribution in [2.75, 3.05) is 26.9 Å². The van der Waals surface area contributed by atoms with Crippen molar-refractivity contribution in [1.82, 2.24) is 5.32 Å². The van der Waals surface area contributed by atoms with Crippen molar-refractivity contribution in [3.05, 3.63) is 58.1 Å². The van der Waals surface area contributed by atoms with Crippen LogP contribution in [0, 0.1) is 0 Å². The molecule has 8 heteroatoms. The second-order valence-corrected chi connectivity index (χ2v) is 6.28. The quantitative estimate of drug-likeness (QED) is 0.640. The fraction of sp³-hybridized carbons (Fsp3) is 0.263. The van der Waals surface area contributed by atoms with Gasteiger partial charge >= 0.3 is 5.97 Å². The van der Waals surface area contributed by atoms with Crippen LogP contribution in [0.3, 0.4) is 0 Å². The number of halogens is 2. The molecule has 2 rings (SSSR count). The van der Waals surface area contributed by atoms with E-state index in [4.69, 9.17) is 37.4 Å². The lowest BCUT2D eigenvalue weighted by atomic mass is 10.1. The van der Waals surface area contributed by atoms with E-state index in [2.05, 4.69) is 5.32 Å². The summed E-state index contributed by atoms with van der Waals surface area (Å²) in [7, 11) is 1.59. The molecular formula is C19H19Cl2NO5. The summed E-state index contributed by atoms with van der Waals surface area (Å²) in [6.45, 7) is -0.355. The number of hydrogen-bond donors (Lipinski definition) is 1. The van der Waals surface area contributed by atoms with Crippen LogP contribution in [0.15, 0.2) is 42.5 Å². The van der Waals surface area contributed by atoms with Gasteiger partial charge in [-0.05, 0) is 36.2 Å². The molecule has 6 nitrogen and oxygen atoms in total. The van der Waals surface area contributed by atoms with Crippen LogP contribution >= 0.6 is 23.2 Å². The highest BCUT2D eigenvalue weighted by Gasteiger charge is 2.10. The van der Waals surface area contributed by atoms with E-state index in [1.54, 1.807) is 19.2 Å². The second kappa shape index (κ2) is 10.6. The molecule has 0 atom stereocenters. The molecule has 0 fully saturated rings. The van der Waals surface area contributed by atoms with Crippen LogP contribution in [0.25, 0.3) is 0 Å². The third kappa shape index (κ3) is 7.00. The average molecular weight is 412 g/mol. The first kappa shape index (κ1) is 20.9. The van der Waals surface area contributed by atoms with Gasteiger partial charge in [0.1, 0.15) is 11.5 Å². The summed E-state index contributed by atoms with van der Waals surface area (Å²) in [5.74, 6) is -0.0147. The Kier molecular flexibility index (Phi) is 8.23. The topological polar surface area (TPSA) is 73.9 Å². The van der Waals surface area contributed by atoms with Crippen LogP contribution < -0.4 is 14.8 Å². The lowest BCUT2D eigenvalue weighted by molar-refractivity contribution is -0.150. The number of nitrogens with one attached hydrogen (secondary N) is 1. The van der Waals surface area contributed by atoms with Crippen LogP contribution in [-0.4, -0.2) is 38.7 Å². The van der Waals surface area contributed by atoms with Gasteiger partial charge in [0.05, 0.1) is 12.1 Å². The first-order valence-electron chi connectivity index (χ1n) is 8.11. The minimum atomic E-state index is -0.680. The number of ether oxygens (including phenoxy) is 3. The van der Waals surface area contributed by atoms with Gasteiger partial charge in [-0.15, -0.1) is 0 Å². The largest absolute Gasteiger partial charge is 0.496 e. The maximum absolute atomic E-state index is 11.8. The molecule has 27 heavy (non-hydrogen) atoms. The van der Waals surface area contributed by atoms with Crippen LogP contribution in [0.4, 0.5) is 0 Å². The number of carbonyl (C=O) groups is 2. The summed E-state index contributed by atoms with van der Waals surface area (Å²) in [6, 6.07) is 12.2. The van der Waals surface area contributed by atoms with Gasteiger partial charge in [0.25, 0.3) is 5.91 Å². The summed E-state index contributed by atoms with van der Waals surface area (Å²) >= 11 is 11.7. The van der Waals surface area contributed by atoms with Crippen molar-refractivity contribution >= 4 is 35.1 Å². The Morgan fingerprint density at radius 3 is 2.56 bits per heavy atom. The molecule has 2 aromatic rings. The second-order valence-electron chi connectivity index (χ2n) is 5.44. The predicted octanol–water partition coefficient (Wildman–Crippen LogP) is 3.28. The number of rotatable bonds is 9. The van der Waals surface area contributed by atoms with E-state index in [9.17, 15) is 9.59 Å². The minimum Gasteiger partial charge on any atom is -0.496 e. The Bertz CT molecular complexity index is 797. The zero-order valence-electron chi connectivity index (χ0n) is 14.7. The number of methoxy groups -OCH3 is 1. The number of esters is 1. The molecule has 0 aliphatic heterocycles. The van der Waals surface area contributed by atoms with Crippen molar-refractivity contribution in [3.63, 3.8) is 0 Å². The Morgan fingerprint density at radius 1 is 1.04 bits per heavy atom. The van der Waals surface area contributed by atoms with E-state index in [0.29, 0.717) is 23.7 Å². The molecule has 0 saturated heterocycles. The third-order valence-electron chi connectivity index (χ3n) is 3.51. The Morgan fingerprint density at radius 2 is 1.81 bits per heavy atom. The molecule has 0 aliphatic rings. The minimum absolute atomic E-state index is 0.282. The average Bonchev–Trinajstić information content (AvgIpc) is 2.66. The number of hydrogen-bond acceptors (Lipinski definition) is 5. The first-order chi connectivity index (χ1) is 13.0. The van der Waals surface area contributed by atoms with Gasteiger partial charge in [0.15, 0.2) is 13.2 Å². The monoisotopic (exact) mass is 411 g/mol. The van der Waals surface area contributed by atoms with Crippen LogP contribution in [0.1, 0.15) is 5.56 Å². The summed E-state index contributed by atoms with van der Waals surface area (Å²) in [5, 5.41) is 3.42. The molecule has 2 aromatic carbocycles. The van der Waals surface area contributed by atoms with Crippen LogP contribution in [0.5, 0.6) is 11.5 Å². The Hall–Kier alpha value is -2.44. The maximum atomic E-state index is 11.8. The van der Waals surface area contributed by atoms with Crippen molar-refractivity contribution in [2.45, 2.75) is 6.42 Å². The van der Waals surface area contributed by atoms with Crippen molar-refractivity contribution in [2.24, 2.45) is 0 Å². The van der Waals surface area contributed by atoms with Crippen LogP contribution in [-0.2, 0) is 20.7 Å². The lowest BCUT2D eigenvalue weighted by Gasteiger charge is -2.10. The molecule has 144 valence electrons. The highest BCUT2D eigenvalue weighted by atomic mass is 35.5. The highest BCUT2D eigenvalue weighted by Crippen LogP contribution is 2.27. The van der Waals surface area contributed by atoms with Gasteiger partial charge in [0, 0.05) is 11.6 Å². The van der Waals surface area contributed by atoms with Gasteiger partial charge in [-0.3, -0.25) is 4.79 Å². The number of para-hydroxylation sites is 1. The number of amides is 1. The number of carbonyl (C=O) groups excluding carboxylic acids is 2. The first-order valence-corrected chi connectivity index (χ1v) is 8.87. The predicted molar refractivity (Wildman–Crippen MR) is 103 cm³/mol. The smallest absolute Gasteiger partial charge is 0.344 e. The summed E-state index contributed by atoms with van der Waals surface area (Å²) < 4.78 is 15.4. The van der Waals surface area contributed by atoms with Crippen LogP contribution in [0.2, 0.25) is 10.0 Å². The SMILES string of the molecule is COc1ccccc1CCNC(=O)COC(=O)COc1ccc(Cl)cc1Cl. The van der Waals surface area contributed by atoms with E-state index < -0.39 is 11.9 Å². The standard InChI is InChI=1S/C19H19Cl2NO5/c1-25-16-5-3-2-4-13(16)8-9-22-18(23)11-27-19(24)12-26-17-7-6-14(20)10-15(17)21/h2-7,10H,8-9,11-12H2,1H3,(H,22,23). The fourth-order valence-corrected chi connectivity index (χ4v) is 2.68. The van der Waals surface area contributed by atoms with Crippen molar-refractivity contribution < 1.29 is 23.8 Å². The molecule has 1 N–H and O–H groups in total. The molecule has 0 aromatic heterocycles. The fourth-order valence-electron chi connectivity index (χ4n) is 2.21. The Balaban J connectivity index is 1.66. The summed E-state index contributed by atoms with van der Waals surface area (Å²) in [6.07, 6.45) is 0.599. The molecule has 1 amide bonds. The number of benzene rings is 2. The maximum Gasteiger partial charge on any atom is 0.344 e. The van der Waals surface area contributed by atoms with Gasteiger partial charge in [-0.2, -0.15) is 0 Å². The van der Waals surface area contributed by atoms with Gasteiger partial charge < -0.3 is 19.5 Å². The van der Waals surface area contributed by atoms with E-state index in [0.717, 1.165) is 11.3 Å². The Labute approximate surface area is 167 Å². The molecule has 0 saturated carbocycles. The van der Waals surface area contributed by atoms with Gasteiger partial charge in [-0.25, -0.2) is 4.79 Å². The summed E-state index contributed by atoms with van der Waals surface area (Å²) in [4.78, 5) is 23.4. The molecule has 0 unspecified atom stereocenters. The van der Waals surface area contributed by atoms with Crippen molar-refractivity contribution in [1.29, 1.82) is 0 Å². The lowest BCUT2D eigenvalue weighted by Crippen LogP contribution is -2.31. The van der Waals surface area contributed by atoms with Crippen molar-refractivity contribution in [3.8, 4) is 11.5 Å². The van der Waals surface area contributed by atoms with Gasteiger partial charge in [0.2, 0.25) is 0 Å². The zero-order chi connectivity index (χ0) is 19.6. The van der Waals surface area contributed by atoms with E-state index >= 15 is 0 Å². The zero-order valence-corrected chi connectivity index (χ0v) is 16.2. The molecule has 0 spiro atoms. The van der Waals surface area contributed by atoms with E-state index in [-0.39, 0.29) is 18.2 Å². The molecule has 0 aliphatic carbocycles. The summed E-state index contributed by atoms with van der Waals surface area (Å²) in [5.41, 5.74) is 0.977. The molecule has 0 radical (unpaired) electrons. The third-order valence-corrected chi connectivity index (χ3v) is 4.04. The molecular weight excluding hydrogens is 393 g/mol.